The minimum Gasteiger partial charge on any atom is -0.358 e. The first kappa shape index (κ1) is 23.2. The molecule has 0 unspecified atom stereocenters. The average molecular weight is 152 g/mol. The van der Waals surface area contributed by atoms with Crippen molar-refractivity contribution in [3.63, 3.8) is 0 Å². The van der Waals surface area contributed by atoms with Gasteiger partial charge in [0.05, 0.1) is 0 Å². The maximum absolute atomic E-state index is 8.88. The number of hydrogen-bond donors (Lipinski definition) is 3. The number of hydrogen-bond acceptors (Lipinski definition) is 1. The van der Waals surface area contributed by atoms with E-state index in [-0.39, 0.29) is 37.9 Å². The molecule has 0 atom stereocenters. The zero-order valence-electron chi connectivity index (χ0n) is 4.90. The fourth-order valence-corrected chi connectivity index (χ4v) is 0. The summed E-state index contributed by atoms with van der Waals surface area (Å²) in [5.74, 6) is 0. The summed E-state index contributed by atoms with van der Waals surface area (Å²) >= 11 is 0. The fraction of sp³-hybridized carbons (Fsp3) is 0. The Morgan fingerprint density at radius 2 is 1.00 bits per heavy atom. The van der Waals surface area contributed by atoms with E-state index in [4.69, 9.17) is 19.2 Å². The van der Waals surface area contributed by atoms with Crippen LogP contribution >= 0.6 is 7.82 Å². The van der Waals surface area contributed by atoms with Crippen molar-refractivity contribution in [2.45, 2.75) is 0 Å². The molecule has 0 aromatic heterocycles. The molecular formula is C2H9MgO4P. The molecule has 0 bridgehead atoms. The van der Waals surface area contributed by atoms with E-state index in [1.165, 1.54) is 0 Å². The van der Waals surface area contributed by atoms with Crippen LogP contribution in [-0.2, 0) is 4.57 Å². The van der Waals surface area contributed by atoms with Crippen molar-refractivity contribution in [2.75, 3.05) is 0 Å². The number of phosphoric acid groups is 1. The molecule has 0 radical (unpaired) electrons. The van der Waals surface area contributed by atoms with Crippen molar-refractivity contribution < 1.29 is 19.2 Å². The molecule has 0 aromatic carbocycles. The molecule has 0 aromatic rings. The maximum Gasteiger partial charge on any atom is 2.00 e. The second kappa shape index (κ2) is 7.88. The van der Waals surface area contributed by atoms with Crippen LogP contribution in [-0.4, -0.2) is 37.7 Å². The maximum atomic E-state index is 8.88. The van der Waals surface area contributed by atoms with E-state index in [1.54, 1.807) is 0 Å². The smallest absolute Gasteiger partial charge is 0.358 e. The molecule has 6 heteroatoms. The van der Waals surface area contributed by atoms with E-state index < -0.39 is 7.82 Å². The summed E-state index contributed by atoms with van der Waals surface area (Å²) in [6.07, 6.45) is 0. The van der Waals surface area contributed by atoms with Crippen LogP contribution < -0.4 is 0 Å². The van der Waals surface area contributed by atoms with Gasteiger partial charge in [-0.15, -0.1) is 0 Å². The van der Waals surface area contributed by atoms with Crippen molar-refractivity contribution in [1.82, 2.24) is 0 Å². The van der Waals surface area contributed by atoms with Crippen molar-refractivity contribution in [3.8, 4) is 0 Å². The van der Waals surface area contributed by atoms with Crippen LogP contribution in [0, 0.1) is 14.9 Å². The minimum absolute atomic E-state index is 0. The quantitative estimate of drug-likeness (QED) is 0.250. The summed E-state index contributed by atoms with van der Waals surface area (Å²) in [6, 6.07) is 0. The van der Waals surface area contributed by atoms with Gasteiger partial charge in [-0.2, -0.15) is 0 Å². The Labute approximate surface area is 65.3 Å². The van der Waals surface area contributed by atoms with Gasteiger partial charge in [0.2, 0.25) is 0 Å². The van der Waals surface area contributed by atoms with Crippen molar-refractivity contribution in [1.29, 1.82) is 0 Å². The van der Waals surface area contributed by atoms with E-state index in [1.807, 2.05) is 0 Å². The SMILES string of the molecule is O=P(O)(O)O.[CH3-].[CH3-].[Mg+2]. The van der Waals surface area contributed by atoms with Gasteiger partial charge in [-0.25, -0.2) is 4.57 Å². The molecule has 8 heavy (non-hydrogen) atoms. The Hall–Kier alpha value is 0.876. The zero-order chi connectivity index (χ0) is 4.50. The molecule has 0 heterocycles. The van der Waals surface area contributed by atoms with Crippen LogP contribution in [0.15, 0.2) is 0 Å². The van der Waals surface area contributed by atoms with Crippen LogP contribution in [0.1, 0.15) is 0 Å². The fourth-order valence-electron chi connectivity index (χ4n) is 0. The zero-order valence-corrected chi connectivity index (χ0v) is 7.21. The molecule has 0 amide bonds. The van der Waals surface area contributed by atoms with Crippen molar-refractivity contribution >= 4 is 30.9 Å². The minimum atomic E-state index is -4.64. The predicted octanol–water partition coefficient (Wildman–Crippen LogP) is -0.409. The van der Waals surface area contributed by atoms with Gasteiger partial charge in [0.15, 0.2) is 0 Å². The van der Waals surface area contributed by atoms with Gasteiger partial charge >= 0.3 is 30.9 Å². The summed E-state index contributed by atoms with van der Waals surface area (Å²) in [4.78, 5) is 21.6. The third kappa shape index (κ3) is 309. The molecule has 0 rings (SSSR count). The van der Waals surface area contributed by atoms with Gasteiger partial charge in [-0.3, -0.25) is 0 Å². The van der Waals surface area contributed by atoms with Gasteiger partial charge in [0.25, 0.3) is 0 Å². The summed E-state index contributed by atoms with van der Waals surface area (Å²) in [5.41, 5.74) is 0. The molecule has 0 spiro atoms. The Bertz CT molecular complexity index is 60.2. The average Bonchev–Trinajstić information content (AvgIpc) is 0.722. The van der Waals surface area contributed by atoms with Gasteiger partial charge < -0.3 is 29.5 Å². The molecule has 0 aliphatic rings. The Kier molecular flexibility index (Phi) is 22.8. The Balaban J connectivity index is -0.0000000267. The standard InChI is InChI=1S/2CH3.Mg.H3O4P/c;;;1-5(2,3)4/h2*1H3;;(H3,1,2,3,4)/q2*-1;+2;. The third-order valence-electron chi connectivity index (χ3n) is 0. The van der Waals surface area contributed by atoms with Crippen molar-refractivity contribution in [3.05, 3.63) is 14.9 Å². The first-order valence-electron chi connectivity index (χ1n) is 0.783. The van der Waals surface area contributed by atoms with Gasteiger partial charge in [-0.05, 0) is 0 Å². The molecule has 0 aliphatic heterocycles. The second-order valence-corrected chi connectivity index (χ2v) is 1.54. The number of rotatable bonds is 0. The Morgan fingerprint density at radius 3 is 1.00 bits per heavy atom. The van der Waals surface area contributed by atoms with E-state index in [0.717, 1.165) is 0 Å². The molecule has 4 nitrogen and oxygen atoms in total. The molecule has 0 aliphatic carbocycles. The van der Waals surface area contributed by atoms with Gasteiger partial charge in [-0.1, -0.05) is 0 Å². The van der Waals surface area contributed by atoms with E-state index in [9.17, 15) is 0 Å². The summed E-state index contributed by atoms with van der Waals surface area (Å²) in [5, 5.41) is 0. The van der Waals surface area contributed by atoms with Crippen LogP contribution in [0.25, 0.3) is 0 Å². The van der Waals surface area contributed by atoms with Crippen LogP contribution in [0.4, 0.5) is 0 Å². The normalized spacial score (nSPS) is 7.38. The van der Waals surface area contributed by atoms with Crippen LogP contribution in [0.3, 0.4) is 0 Å². The van der Waals surface area contributed by atoms with E-state index >= 15 is 0 Å². The summed E-state index contributed by atoms with van der Waals surface area (Å²) < 4.78 is 8.88. The van der Waals surface area contributed by atoms with Gasteiger partial charge in [0, 0.05) is 0 Å². The molecular weight excluding hydrogens is 143 g/mol. The first-order valence-corrected chi connectivity index (χ1v) is 2.35. The monoisotopic (exact) mass is 152 g/mol. The van der Waals surface area contributed by atoms with Crippen LogP contribution in [0.2, 0.25) is 0 Å². The molecule has 0 fully saturated rings. The van der Waals surface area contributed by atoms with E-state index in [0.29, 0.717) is 0 Å². The predicted molar refractivity (Wildman–Crippen MR) is 32.8 cm³/mol. The topological polar surface area (TPSA) is 77.8 Å². The summed E-state index contributed by atoms with van der Waals surface area (Å²) in [7, 11) is -4.64. The molecule has 48 valence electrons. The third-order valence-corrected chi connectivity index (χ3v) is 0. The Morgan fingerprint density at radius 1 is 1.00 bits per heavy atom. The molecule has 0 saturated carbocycles. The second-order valence-electron chi connectivity index (χ2n) is 0.513. The largest absolute Gasteiger partial charge is 2.00 e. The summed E-state index contributed by atoms with van der Waals surface area (Å²) in [6.45, 7) is 0. The first-order chi connectivity index (χ1) is 2.00. The van der Waals surface area contributed by atoms with E-state index in [2.05, 4.69) is 0 Å². The van der Waals surface area contributed by atoms with Gasteiger partial charge in [0.1, 0.15) is 0 Å². The van der Waals surface area contributed by atoms with Crippen molar-refractivity contribution in [2.24, 2.45) is 0 Å². The van der Waals surface area contributed by atoms with Crippen LogP contribution in [0.5, 0.6) is 0 Å². The molecule has 0 saturated heterocycles. The molecule has 3 N–H and O–H groups in total.